The zero-order chi connectivity index (χ0) is 16.2. The molecule has 5 heteroatoms. The van der Waals surface area contributed by atoms with E-state index in [1.165, 1.54) is 32.1 Å². The first-order chi connectivity index (χ1) is 11.2. The van der Waals surface area contributed by atoms with E-state index in [4.69, 9.17) is 23.8 Å². The zero-order valence-electron chi connectivity index (χ0n) is 13.4. The number of thiocarbonyl (C=S) groups is 1. The Bertz CT molecular complexity index is 563. The molecule has 1 aromatic rings. The monoisotopic (exact) mass is 350 g/mol. The van der Waals surface area contributed by atoms with Crippen molar-refractivity contribution in [3.63, 3.8) is 0 Å². The van der Waals surface area contributed by atoms with E-state index < -0.39 is 0 Å². The number of para-hydroxylation sites is 1. The van der Waals surface area contributed by atoms with Crippen molar-refractivity contribution < 1.29 is 4.90 Å². The molecule has 2 saturated heterocycles. The van der Waals surface area contributed by atoms with Crippen molar-refractivity contribution in [1.29, 1.82) is 0 Å². The minimum absolute atomic E-state index is 0.460. The Morgan fingerprint density at radius 3 is 2.65 bits per heavy atom. The van der Waals surface area contributed by atoms with Gasteiger partial charge in [0.2, 0.25) is 0 Å². The molecule has 2 unspecified atom stereocenters. The maximum Gasteiger partial charge on any atom is 0.171 e. The first kappa shape index (κ1) is 16.7. The molecule has 23 heavy (non-hydrogen) atoms. The van der Waals surface area contributed by atoms with E-state index >= 15 is 0 Å². The van der Waals surface area contributed by atoms with Gasteiger partial charge in [0.15, 0.2) is 5.11 Å². The number of halogens is 1. The molecule has 0 saturated carbocycles. The highest BCUT2D eigenvalue weighted by molar-refractivity contribution is 7.80. The molecule has 2 aliphatic heterocycles. The van der Waals surface area contributed by atoms with Gasteiger partial charge in [0.05, 0.1) is 29.3 Å². The molecule has 124 valence electrons. The molecule has 3 N–H and O–H groups in total. The minimum Gasteiger partial charge on any atom is -0.359 e. The van der Waals surface area contributed by atoms with Crippen molar-refractivity contribution in [1.82, 2.24) is 5.32 Å². The van der Waals surface area contributed by atoms with Crippen LogP contribution in [0.4, 0.5) is 5.69 Å². The van der Waals surface area contributed by atoms with Crippen LogP contribution >= 0.6 is 23.8 Å². The summed E-state index contributed by atoms with van der Waals surface area (Å²) >= 11 is 11.7. The van der Waals surface area contributed by atoms with Crippen LogP contribution in [0.15, 0.2) is 36.9 Å². The Morgan fingerprint density at radius 1 is 1.30 bits per heavy atom. The number of quaternary nitrogens is 1. The molecule has 4 atom stereocenters. The van der Waals surface area contributed by atoms with Crippen LogP contribution in [-0.2, 0) is 0 Å². The van der Waals surface area contributed by atoms with Crippen molar-refractivity contribution in [3.8, 4) is 0 Å². The molecule has 0 aliphatic carbocycles. The van der Waals surface area contributed by atoms with Crippen molar-refractivity contribution >= 4 is 34.6 Å². The van der Waals surface area contributed by atoms with Crippen LogP contribution in [0.3, 0.4) is 0 Å². The van der Waals surface area contributed by atoms with Crippen LogP contribution in [-0.4, -0.2) is 29.8 Å². The third-order valence-electron chi connectivity index (χ3n) is 5.13. The van der Waals surface area contributed by atoms with Crippen LogP contribution in [0.5, 0.6) is 0 Å². The number of nitrogens with one attached hydrogen (secondary N) is 3. The summed E-state index contributed by atoms with van der Waals surface area (Å²) in [6.07, 6.45) is 8.45. The number of hydrogen-bond donors (Lipinski definition) is 3. The van der Waals surface area contributed by atoms with Crippen LogP contribution in [0, 0.1) is 0 Å². The normalized spacial score (nSPS) is 29.6. The lowest BCUT2D eigenvalue weighted by Crippen LogP contribution is -3.21. The van der Waals surface area contributed by atoms with Gasteiger partial charge < -0.3 is 15.5 Å². The Morgan fingerprint density at radius 2 is 2.00 bits per heavy atom. The molecular weight excluding hydrogens is 326 g/mol. The molecular formula is C18H25ClN3S+. The van der Waals surface area contributed by atoms with Gasteiger partial charge in [-0.1, -0.05) is 30.3 Å². The summed E-state index contributed by atoms with van der Waals surface area (Å²) in [5.74, 6) is 0. The SMILES string of the molecule is C=CC[NH+]1[C@@H]2CCC[C@H]1CC(NC(=S)Nc1ccccc1Cl)C2. The first-order valence-electron chi connectivity index (χ1n) is 8.46. The quantitative estimate of drug-likeness (QED) is 0.576. The molecule has 0 spiro atoms. The molecule has 0 aromatic heterocycles. The van der Waals surface area contributed by atoms with Gasteiger partial charge in [-0.15, -0.1) is 0 Å². The van der Waals surface area contributed by atoms with Crippen molar-refractivity contribution in [2.45, 2.75) is 50.2 Å². The average molecular weight is 351 g/mol. The summed E-state index contributed by atoms with van der Waals surface area (Å²) < 4.78 is 0. The molecule has 1 aromatic carbocycles. The van der Waals surface area contributed by atoms with Crippen molar-refractivity contribution in [3.05, 3.63) is 41.9 Å². The maximum absolute atomic E-state index is 6.18. The third kappa shape index (κ3) is 4.06. The van der Waals surface area contributed by atoms with Crippen molar-refractivity contribution in [2.24, 2.45) is 0 Å². The highest BCUT2D eigenvalue weighted by atomic mass is 35.5. The van der Waals surface area contributed by atoms with Crippen molar-refractivity contribution in [2.75, 3.05) is 11.9 Å². The smallest absolute Gasteiger partial charge is 0.171 e. The summed E-state index contributed by atoms with van der Waals surface area (Å²) in [5.41, 5.74) is 0.863. The third-order valence-corrected chi connectivity index (χ3v) is 5.68. The number of rotatable bonds is 4. The molecule has 3 rings (SSSR count). The zero-order valence-corrected chi connectivity index (χ0v) is 14.9. The number of hydrogen-bond acceptors (Lipinski definition) is 1. The van der Waals surface area contributed by atoms with Gasteiger partial charge in [0.1, 0.15) is 0 Å². The van der Waals surface area contributed by atoms with E-state index in [0.29, 0.717) is 16.2 Å². The van der Waals surface area contributed by atoms with Crippen LogP contribution in [0.1, 0.15) is 32.1 Å². The predicted molar refractivity (Wildman–Crippen MR) is 101 cm³/mol. The predicted octanol–water partition coefficient (Wildman–Crippen LogP) is 2.78. The van der Waals surface area contributed by atoms with Crippen LogP contribution in [0.2, 0.25) is 5.02 Å². The molecule has 2 fully saturated rings. The number of fused-ring (bicyclic) bond motifs is 2. The fourth-order valence-corrected chi connectivity index (χ4v) is 4.62. The lowest BCUT2D eigenvalue weighted by molar-refractivity contribution is -0.955. The fraction of sp³-hybridized carbons (Fsp3) is 0.500. The summed E-state index contributed by atoms with van der Waals surface area (Å²) in [7, 11) is 0. The van der Waals surface area contributed by atoms with E-state index in [-0.39, 0.29) is 0 Å². The van der Waals surface area contributed by atoms with E-state index in [2.05, 4.69) is 23.3 Å². The van der Waals surface area contributed by atoms with Crippen LogP contribution in [0.25, 0.3) is 0 Å². The molecule has 0 amide bonds. The largest absolute Gasteiger partial charge is 0.359 e. The lowest BCUT2D eigenvalue weighted by atomic mass is 9.82. The Kier molecular flexibility index (Phi) is 5.57. The summed E-state index contributed by atoms with van der Waals surface area (Å²) in [6, 6.07) is 9.63. The van der Waals surface area contributed by atoms with Crippen LogP contribution < -0.4 is 15.5 Å². The average Bonchev–Trinajstić information content (AvgIpc) is 2.50. The molecule has 3 nitrogen and oxygen atoms in total. The maximum atomic E-state index is 6.18. The van der Waals surface area contributed by atoms with E-state index in [0.717, 1.165) is 24.3 Å². The first-order valence-corrected chi connectivity index (χ1v) is 9.24. The topological polar surface area (TPSA) is 28.5 Å². The van der Waals surface area contributed by atoms with E-state index in [1.807, 2.05) is 24.3 Å². The number of benzene rings is 1. The van der Waals surface area contributed by atoms with E-state index in [9.17, 15) is 0 Å². The second-order valence-corrected chi connectivity index (χ2v) is 7.45. The van der Waals surface area contributed by atoms with Gasteiger partial charge in [0.25, 0.3) is 0 Å². The molecule has 2 aliphatic rings. The van der Waals surface area contributed by atoms with Gasteiger partial charge >= 0.3 is 0 Å². The molecule has 2 heterocycles. The Balaban J connectivity index is 1.58. The minimum atomic E-state index is 0.460. The highest BCUT2D eigenvalue weighted by Crippen LogP contribution is 2.23. The molecule has 2 bridgehead atoms. The summed E-state index contributed by atoms with van der Waals surface area (Å²) in [5, 5.41) is 8.10. The molecule has 0 radical (unpaired) electrons. The van der Waals surface area contributed by atoms with E-state index in [1.54, 1.807) is 4.90 Å². The summed E-state index contributed by atoms with van der Waals surface area (Å²) in [6.45, 7) is 5.01. The van der Waals surface area contributed by atoms with Gasteiger partial charge in [-0.3, -0.25) is 0 Å². The number of anilines is 1. The standard InChI is InChI=1S/C18H24ClN3S/c1-2-10-22-14-6-5-7-15(22)12-13(11-14)20-18(23)21-17-9-4-3-8-16(17)19/h2-4,8-9,13-15H,1,5-7,10-12H2,(H2,20,21,23)/p+1/t13?,14-,15+. The summed E-state index contributed by atoms with van der Waals surface area (Å²) in [4.78, 5) is 1.73. The van der Waals surface area contributed by atoms with Gasteiger partial charge in [0, 0.05) is 18.9 Å². The Labute approximate surface area is 149 Å². The second-order valence-electron chi connectivity index (χ2n) is 6.64. The lowest BCUT2D eigenvalue weighted by Gasteiger charge is -2.45. The number of piperidine rings is 2. The fourth-order valence-electron chi connectivity index (χ4n) is 4.16. The van der Waals surface area contributed by atoms with Gasteiger partial charge in [-0.2, -0.15) is 0 Å². The Hall–Kier alpha value is -1.10. The second kappa shape index (κ2) is 7.65. The van der Waals surface area contributed by atoms with Gasteiger partial charge in [-0.05, 0) is 49.7 Å². The van der Waals surface area contributed by atoms with Gasteiger partial charge in [-0.25, -0.2) is 0 Å². The highest BCUT2D eigenvalue weighted by Gasteiger charge is 2.41.